The van der Waals surface area contributed by atoms with Gasteiger partial charge in [-0.05, 0) is 20.3 Å². The monoisotopic (exact) mass is 258 g/mol. The Balaban J connectivity index is 3.51. The molecule has 0 radical (unpaired) electrons. The third-order valence-electron chi connectivity index (χ3n) is 3.39. The Labute approximate surface area is 114 Å². The molecule has 0 rings (SSSR count). The van der Waals surface area contributed by atoms with E-state index in [2.05, 4.69) is 13.8 Å². The van der Waals surface area contributed by atoms with Crippen molar-refractivity contribution in [2.24, 2.45) is 5.92 Å². The average molecular weight is 258 g/mol. The first kappa shape index (κ1) is 17.9. The van der Waals surface area contributed by atoms with Crippen LogP contribution in [0.15, 0.2) is 0 Å². The van der Waals surface area contributed by atoms with E-state index < -0.39 is 0 Å². The van der Waals surface area contributed by atoms with Gasteiger partial charge in [-0.1, -0.05) is 58.8 Å². The molecule has 0 saturated carbocycles. The summed E-state index contributed by atoms with van der Waals surface area (Å²) in [6.07, 6.45) is 10.8. The van der Waals surface area contributed by atoms with Gasteiger partial charge in [0.15, 0.2) is 6.29 Å². The first-order valence-electron chi connectivity index (χ1n) is 7.99. The SMILES string of the molecule is CCCCCCCCCC(C)C(OCC)OCC. The molecule has 0 amide bonds. The standard InChI is InChI=1S/C16H34O2/c1-5-8-9-10-11-12-13-14-15(4)16(17-6-2)18-7-3/h15-16H,5-14H2,1-4H3. The smallest absolute Gasteiger partial charge is 0.160 e. The van der Waals surface area contributed by atoms with E-state index in [1.165, 1.54) is 51.4 Å². The molecule has 0 aliphatic carbocycles. The van der Waals surface area contributed by atoms with E-state index in [1.807, 2.05) is 13.8 Å². The maximum atomic E-state index is 5.63. The number of ether oxygens (including phenoxy) is 2. The Morgan fingerprint density at radius 1 is 0.722 bits per heavy atom. The molecule has 0 aromatic heterocycles. The zero-order valence-corrected chi connectivity index (χ0v) is 13.0. The van der Waals surface area contributed by atoms with Crippen molar-refractivity contribution in [1.82, 2.24) is 0 Å². The van der Waals surface area contributed by atoms with Crippen molar-refractivity contribution in [3.05, 3.63) is 0 Å². The van der Waals surface area contributed by atoms with E-state index >= 15 is 0 Å². The van der Waals surface area contributed by atoms with Gasteiger partial charge >= 0.3 is 0 Å². The van der Waals surface area contributed by atoms with Crippen molar-refractivity contribution >= 4 is 0 Å². The van der Waals surface area contributed by atoms with Gasteiger partial charge < -0.3 is 9.47 Å². The van der Waals surface area contributed by atoms with Crippen LogP contribution >= 0.6 is 0 Å². The summed E-state index contributed by atoms with van der Waals surface area (Å²) >= 11 is 0. The van der Waals surface area contributed by atoms with E-state index in [9.17, 15) is 0 Å². The minimum Gasteiger partial charge on any atom is -0.353 e. The first-order chi connectivity index (χ1) is 8.76. The number of hydrogen-bond acceptors (Lipinski definition) is 2. The first-order valence-corrected chi connectivity index (χ1v) is 7.99. The second kappa shape index (κ2) is 13.4. The highest BCUT2D eigenvalue weighted by Crippen LogP contribution is 2.18. The fraction of sp³-hybridized carbons (Fsp3) is 1.00. The molecular weight excluding hydrogens is 224 g/mol. The Hall–Kier alpha value is -0.0800. The number of unbranched alkanes of at least 4 members (excludes halogenated alkanes) is 6. The summed E-state index contributed by atoms with van der Waals surface area (Å²) in [5.74, 6) is 0.514. The van der Waals surface area contributed by atoms with E-state index in [1.54, 1.807) is 0 Å². The lowest BCUT2D eigenvalue weighted by molar-refractivity contribution is -0.164. The van der Waals surface area contributed by atoms with Crippen molar-refractivity contribution in [3.63, 3.8) is 0 Å². The number of hydrogen-bond donors (Lipinski definition) is 0. The molecule has 0 fully saturated rings. The van der Waals surface area contributed by atoms with Gasteiger partial charge in [0.2, 0.25) is 0 Å². The lowest BCUT2D eigenvalue weighted by Gasteiger charge is -2.23. The average Bonchev–Trinajstić information content (AvgIpc) is 2.37. The molecule has 2 nitrogen and oxygen atoms in total. The van der Waals surface area contributed by atoms with Crippen molar-refractivity contribution in [2.45, 2.75) is 85.4 Å². The van der Waals surface area contributed by atoms with Crippen LogP contribution < -0.4 is 0 Å². The van der Waals surface area contributed by atoms with Crippen molar-refractivity contribution in [3.8, 4) is 0 Å². The Bertz CT molecular complexity index is 153. The van der Waals surface area contributed by atoms with E-state index in [4.69, 9.17) is 9.47 Å². The van der Waals surface area contributed by atoms with Crippen LogP contribution in [0.25, 0.3) is 0 Å². The molecule has 0 heterocycles. The summed E-state index contributed by atoms with van der Waals surface area (Å²) in [6, 6.07) is 0. The summed E-state index contributed by atoms with van der Waals surface area (Å²) in [4.78, 5) is 0. The normalized spacial score (nSPS) is 13.2. The topological polar surface area (TPSA) is 18.5 Å². The molecule has 2 heteroatoms. The van der Waals surface area contributed by atoms with Gasteiger partial charge in [0.25, 0.3) is 0 Å². The van der Waals surface area contributed by atoms with Gasteiger partial charge in [-0.3, -0.25) is 0 Å². The Morgan fingerprint density at radius 3 is 1.72 bits per heavy atom. The molecule has 0 aromatic carbocycles. The quantitative estimate of drug-likeness (QED) is 0.335. The summed E-state index contributed by atoms with van der Waals surface area (Å²) in [5.41, 5.74) is 0. The van der Waals surface area contributed by atoms with Crippen LogP contribution in [0, 0.1) is 5.92 Å². The molecule has 0 bridgehead atoms. The van der Waals surface area contributed by atoms with Crippen molar-refractivity contribution < 1.29 is 9.47 Å². The maximum absolute atomic E-state index is 5.63. The van der Waals surface area contributed by atoms with Crippen molar-refractivity contribution in [2.75, 3.05) is 13.2 Å². The van der Waals surface area contributed by atoms with Gasteiger partial charge in [-0.25, -0.2) is 0 Å². The fourth-order valence-electron chi connectivity index (χ4n) is 2.26. The lowest BCUT2D eigenvalue weighted by Crippen LogP contribution is -2.25. The van der Waals surface area contributed by atoms with Gasteiger partial charge in [0.05, 0.1) is 0 Å². The highest BCUT2D eigenvalue weighted by atomic mass is 16.7. The van der Waals surface area contributed by atoms with Gasteiger partial charge in [-0.15, -0.1) is 0 Å². The summed E-state index contributed by atoms with van der Waals surface area (Å²) in [6.45, 7) is 10.1. The van der Waals surface area contributed by atoms with E-state index in [0.29, 0.717) is 5.92 Å². The molecule has 0 spiro atoms. The second-order valence-corrected chi connectivity index (χ2v) is 5.17. The zero-order chi connectivity index (χ0) is 13.6. The third-order valence-corrected chi connectivity index (χ3v) is 3.39. The molecule has 110 valence electrons. The molecule has 1 unspecified atom stereocenters. The van der Waals surface area contributed by atoms with Gasteiger partial charge in [0, 0.05) is 19.1 Å². The Kier molecular flexibility index (Phi) is 13.3. The minimum absolute atomic E-state index is 0.0000846. The summed E-state index contributed by atoms with van der Waals surface area (Å²) < 4.78 is 11.3. The van der Waals surface area contributed by atoms with Crippen LogP contribution in [0.1, 0.15) is 79.1 Å². The third kappa shape index (κ3) is 9.90. The van der Waals surface area contributed by atoms with Gasteiger partial charge in [-0.2, -0.15) is 0 Å². The van der Waals surface area contributed by atoms with Crippen LogP contribution in [0.3, 0.4) is 0 Å². The van der Waals surface area contributed by atoms with Crippen LogP contribution in [0.5, 0.6) is 0 Å². The van der Waals surface area contributed by atoms with E-state index in [0.717, 1.165) is 13.2 Å². The van der Waals surface area contributed by atoms with Crippen molar-refractivity contribution in [1.29, 1.82) is 0 Å². The molecule has 0 aliphatic rings. The largest absolute Gasteiger partial charge is 0.353 e. The maximum Gasteiger partial charge on any atom is 0.160 e. The molecule has 18 heavy (non-hydrogen) atoms. The molecular formula is C16H34O2. The predicted octanol–water partition coefficient (Wildman–Crippen LogP) is 5.16. The Morgan fingerprint density at radius 2 is 1.22 bits per heavy atom. The number of rotatable bonds is 13. The molecule has 0 N–H and O–H groups in total. The zero-order valence-electron chi connectivity index (χ0n) is 13.0. The predicted molar refractivity (Wildman–Crippen MR) is 78.8 cm³/mol. The summed E-state index contributed by atoms with van der Waals surface area (Å²) in [7, 11) is 0. The highest BCUT2D eigenvalue weighted by Gasteiger charge is 2.16. The summed E-state index contributed by atoms with van der Waals surface area (Å²) in [5, 5.41) is 0. The van der Waals surface area contributed by atoms with Crippen LogP contribution in [0.2, 0.25) is 0 Å². The highest BCUT2D eigenvalue weighted by molar-refractivity contribution is 4.58. The van der Waals surface area contributed by atoms with Gasteiger partial charge in [0.1, 0.15) is 0 Å². The minimum atomic E-state index is 0.0000846. The molecule has 0 aliphatic heterocycles. The fourth-order valence-corrected chi connectivity index (χ4v) is 2.26. The second-order valence-electron chi connectivity index (χ2n) is 5.17. The van der Waals surface area contributed by atoms with Crippen LogP contribution in [0.4, 0.5) is 0 Å². The molecule has 1 atom stereocenters. The molecule has 0 aromatic rings. The van der Waals surface area contributed by atoms with Crippen LogP contribution in [-0.4, -0.2) is 19.5 Å². The van der Waals surface area contributed by atoms with E-state index in [-0.39, 0.29) is 6.29 Å². The lowest BCUT2D eigenvalue weighted by atomic mass is 10.0. The molecule has 0 saturated heterocycles. The van der Waals surface area contributed by atoms with Crippen LogP contribution in [-0.2, 0) is 9.47 Å².